The molecule has 0 aliphatic carbocycles. The summed E-state index contributed by atoms with van der Waals surface area (Å²) in [4.78, 5) is 42.9. The highest BCUT2D eigenvalue weighted by Crippen LogP contribution is 2.33. The van der Waals surface area contributed by atoms with Gasteiger partial charge in [-0.1, -0.05) is 35.9 Å². The number of aryl methyl sites for hydroxylation is 1. The van der Waals surface area contributed by atoms with Crippen LogP contribution in [0.4, 0.5) is 5.69 Å². The maximum absolute atomic E-state index is 13.3. The van der Waals surface area contributed by atoms with Crippen LogP contribution < -0.4 is 0 Å². The summed E-state index contributed by atoms with van der Waals surface area (Å²) in [6.07, 6.45) is 1.67. The smallest absolute Gasteiger partial charge is 0.279 e. The van der Waals surface area contributed by atoms with Gasteiger partial charge >= 0.3 is 0 Å². The second kappa shape index (κ2) is 7.76. The number of fused-ring (bicyclic) bond motifs is 1. The zero-order valence-electron chi connectivity index (χ0n) is 18.0. The lowest BCUT2D eigenvalue weighted by molar-refractivity contribution is -0.383. The third-order valence-corrected chi connectivity index (χ3v) is 6.21. The molecule has 9 nitrogen and oxygen atoms in total. The molecule has 2 aromatic carbocycles. The van der Waals surface area contributed by atoms with Crippen LogP contribution in [0.25, 0.3) is 10.9 Å². The zero-order valence-corrected chi connectivity index (χ0v) is 18.0. The molecule has 1 aliphatic rings. The number of piperazine rings is 1. The maximum Gasteiger partial charge on any atom is 0.279 e. The molecular weight excluding hydrogens is 412 g/mol. The van der Waals surface area contributed by atoms with Crippen molar-refractivity contribution < 1.29 is 19.6 Å². The number of amides is 2. The van der Waals surface area contributed by atoms with E-state index in [4.69, 9.17) is 0 Å². The van der Waals surface area contributed by atoms with E-state index < -0.39 is 28.5 Å². The number of aliphatic hydroxyl groups is 1. The van der Waals surface area contributed by atoms with Gasteiger partial charge in [-0.2, -0.15) is 0 Å². The first-order valence-corrected chi connectivity index (χ1v) is 10.2. The average Bonchev–Trinajstić information content (AvgIpc) is 3.17. The molecule has 3 aromatic rings. The highest BCUT2D eigenvalue weighted by atomic mass is 16.6. The standard InChI is InChI=1S/C23H24N4O5/c1-14-6-4-7-15(10-14)12-23(30)22(29)25(2)19(21(28)26(23)3)11-16-13-24-17-8-5-9-18(20(16)17)27(31)32/h4-10,13,19,24,30H,11-12H2,1-3H3/t19-,23+/m0/s1. The Morgan fingerprint density at radius 2 is 1.91 bits per heavy atom. The Kier molecular flexibility index (Phi) is 5.21. The molecule has 2 N–H and O–H groups in total. The van der Waals surface area contributed by atoms with Gasteiger partial charge in [0.05, 0.1) is 15.8 Å². The number of benzene rings is 2. The fourth-order valence-corrected chi connectivity index (χ4v) is 4.42. The lowest BCUT2D eigenvalue weighted by Crippen LogP contribution is -2.70. The molecule has 0 bridgehead atoms. The Labute approximate surface area is 184 Å². The van der Waals surface area contributed by atoms with Crippen molar-refractivity contribution in [1.82, 2.24) is 14.8 Å². The SMILES string of the molecule is Cc1cccc(C[C@@]2(O)C(=O)N(C)[C@@H](Cc3c[nH]c4cccc([N+](=O)[O-])c34)C(=O)N2C)c1. The summed E-state index contributed by atoms with van der Waals surface area (Å²) in [5, 5.41) is 23.1. The van der Waals surface area contributed by atoms with Crippen LogP contribution in [0.3, 0.4) is 0 Å². The first-order chi connectivity index (χ1) is 15.1. The van der Waals surface area contributed by atoms with E-state index in [1.807, 2.05) is 25.1 Å². The summed E-state index contributed by atoms with van der Waals surface area (Å²) in [7, 11) is 2.88. The molecule has 4 rings (SSSR count). The summed E-state index contributed by atoms with van der Waals surface area (Å²) >= 11 is 0. The minimum Gasteiger partial charge on any atom is -0.363 e. The van der Waals surface area contributed by atoms with Crippen molar-refractivity contribution in [2.45, 2.75) is 31.5 Å². The largest absolute Gasteiger partial charge is 0.363 e. The monoisotopic (exact) mass is 436 g/mol. The van der Waals surface area contributed by atoms with Crippen molar-refractivity contribution in [2.24, 2.45) is 0 Å². The third kappa shape index (κ3) is 3.40. The van der Waals surface area contributed by atoms with E-state index in [1.165, 1.54) is 25.1 Å². The second-order valence-corrected chi connectivity index (χ2v) is 8.29. The van der Waals surface area contributed by atoms with Gasteiger partial charge in [0.25, 0.3) is 11.6 Å². The summed E-state index contributed by atoms with van der Waals surface area (Å²) in [5.41, 5.74) is 0.775. The van der Waals surface area contributed by atoms with Crippen LogP contribution in [0.1, 0.15) is 16.7 Å². The number of hydrogen-bond acceptors (Lipinski definition) is 5. The number of carbonyl (C=O) groups excluding carboxylic acids is 2. The van der Waals surface area contributed by atoms with E-state index in [9.17, 15) is 24.8 Å². The summed E-state index contributed by atoms with van der Waals surface area (Å²) in [6, 6.07) is 11.2. The van der Waals surface area contributed by atoms with E-state index >= 15 is 0 Å². The molecule has 9 heteroatoms. The van der Waals surface area contributed by atoms with Crippen molar-refractivity contribution in [3.05, 3.63) is 75.5 Å². The first-order valence-electron chi connectivity index (χ1n) is 10.2. The first kappa shape index (κ1) is 21.5. The fraction of sp³-hybridized carbons (Fsp3) is 0.304. The Hall–Kier alpha value is -3.72. The van der Waals surface area contributed by atoms with Gasteiger partial charge in [0, 0.05) is 39.2 Å². The van der Waals surface area contributed by atoms with Crippen LogP contribution in [0.2, 0.25) is 0 Å². The van der Waals surface area contributed by atoms with Gasteiger partial charge in [0.2, 0.25) is 11.6 Å². The maximum atomic E-state index is 13.3. The summed E-state index contributed by atoms with van der Waals surface area (Å²) in [5.74, 6) is -1.03. The highest BCUT2D eigenvalue weighted by Gasteiger charge is 2.53. The normalized spacial score (nSPS) is 21.4. The Balaban J connectivity index is 1.66. The molecule has 1 aromatic heterocycles. The van der Waals surface area contributed by atoms with E-state index in [1.54, 1.807) is 24.4 Å². The Bertz CT molecular complexity index is 1240. The van der Waals surface area contributed by atoms with Crippen LogP contribution in [-0.4, -0.2) is 62.5 Å². The van der Waals surface area contributed by atoms with Crippen LogP contribution in [-0.2, 0) is 22.4 Å². The number of nitro benzene ring substituents is 1. The van der Waals surface area contributed by atoms with Gasteiger partial charge in [-0.25, -0.2) is 0 Å². The number of aromatic amines is 1. The molecule has 32 heavy (non-hydrogen) atoms. The Morgan fingerprint density at radius 1 is 1.19 bits per heavy atom. The number of aromatic nitrogens is 1. The minimum absolute atomic E-state index is 0.0363. The number of rotatable bonds is 5. The average molecular weight is 436 g/mol. The van der Waals surface area contributed by atoms with Gasteiger partial charge in [0.1, 0.15) is 6.04 Å². The molecule has 0 spiro atoms. The molecule has 2 amide bonds. The number of nitrogens with one attached hydrogen (secondary N) is 1. The van der Waals surface area contributed by atoms with Crippen molar-refractivity contribution in [2.75, 3.05) is 14.1 Å². The predicted molar refractivity (Wildman–Crippen MR) is 118 cm³/mol. The molecule has 1 aliphatic heterocycles. The molecule has 1 fully saturated rings. The zero-order chi connectivity index (χ0) is 23.2. The Morgan fingerprint density at radius 3 is 2.59 bits per heavy atom. The third-order valence-electron chi connectivity index (χ3n) is 6.21. The van der Waals surface area contributed by atoms with E-state index in [-0.39, 0.29) is 18.5 Å². The van der Waals surface area contributed by atoms with Gasteiger partial charge in [-0.3, -0.25) is 19.7 Å². The van der Waals surface area contributed by atoms with Gasteiger partial charge in [0.15, 0.2) is 0 Å². The quantitative estimate of drug-likeness (QED) is 0.469. The van der Waals surface area contributed by atoms with Crippen LogP contribution in [0.15, 0.2) is 48.7 Å². The number of H-pyrrole nitrogens is 1. The molecule has 0 saturated carbocycles. The molecule has 166 valence electrons. The van der Waals surface area contributed by atoms with Crippen LogP contribution in [0, 0.1) is 17.0 Å². The lowest BCUT2D eigenvalue weighted by atomic mass is 9.92. The highest BCUT2D eigenvalue weighted by molar-refractivity contribution is 5.99. The molecule has 2 atom stereocenters. The van der Waals surface area contributed by atoms with Crippen molar-refractivity contribution in [3.63, 3.8) is 0 Å². The molecule has 0 unspecified atom stereocenters. The number of nitrogens with zero attached hydrogens (tertiary/aromatic N) is 3. The second-order valence-electron chi connectivity index (χ2n) is 8.29. The fourth-order valence-electron chi connectivity index (χ4n) is 4.42. The van der Waals surface area contributed by atoms with Crippen molar-refractivity contribution in [1.29, 1.82) is 0 Å². The van der Waals surface area contributed by atoms with Gasteiger partial charge in [-0.15, -0.1) is 0 Å². The van der Waals surface area contributed by atoms with Crippen molar-refractivity contribution in [3.8, 4) is 0 Å². The molecule has 0 radical (unpaired) electrons. The summed E-state index contributed by atoms with van der Waals surface area (Å²) in [6.45, 7) is 1.91. The predicted octanol–water partition coefficient (Wildman–Crippen LogP) is 2.16. The van der Waals surface area contributed by atoms with E-state index in [2.05, 4.69) is 4.98 Å². The molecular formula is C23H24N4O5. The van der Waals surface area contributed by atoms with E-state index in [0.29, 0.717) is 16.5 Å². The number of non-ortho nitro benzene ring substituents is 1. The number of nitro groups is 1. The van der Waals surface area contributed by atoms with Crippen LogP contribution >= 0.6 is 0 Å². The molecule has 2 heterocycles. The lowest BCUT2D eigenvalue weighted by Gasteiger charge is -2.47. The topological polar surface area (TPSA) is 120 Å². The molecule has 1 saturated heterocycles. The number of carbonyl (C=O) groups is 2. The van der Waals surface area contributed by atoms with Crippen LogP contribution in [0.5, 0.6) is 0 Å². The minimum atomic E-state index is -2.01. The van der Waals surface area contributed by atoms with E-state index in [0.717, 1.165) is 16.0 Å². The van der Waals surface area contributed by atoms with Gasteiger partial charge in [-0.05, 0) is 24.1 Å². The van der Waals surface area contributed by atoms with Gasteiger partial charge < -0.3 is 19.9 Å². The number of hydrogen-bond donors (Lipinski definition) is 2. The number of likely N-dealkylation sites (N-methyl/N-ethyl adjacent to an activating group) is 2. The summed E-state index contributed by atoms with van der Waals surface area (Å²) < 4.78 is 0. The van der Waals surface area contributed by atoms with Crippen molar-refractivity contribution >= 4 is 28.4 Å².